The van der Waals surface area contributed by atoms with E-state index in [1.807, 2.05) is 5.38 Å². The van der Waals surface area contributed by atoms with Gasteiger partial charge in [-0.3, -0.25) is 4.79 Å². The first-order valence-electron chi connectivity index (χ1n) is 6.07. The van der Waals surface area contributed by atoms with Crippen LogP contribution in [0, 0.1) is 13.8 Å². The lowest BCUT2D eigenvalue weighted by atomic mass is 10.0. The van der Waals surface area contributed by atoms with Crippen LogP contribution in [0.25, 0.3) is 11.3 Å². The summed E-state index contributed by atoms with van der Waals surface area (Å²) < 4.78 is 0. The van der Waals surface area contributed by atoms with E-state index < -0.39 is 6.04 Å². The number of carbonyl (C=O) groups is 1. The van der Waals surface area contributed by atoms with E-state index in [1.165, 1.54) is 22.5 Å². The number of nitrogens with two attached hydrogens (primary N) is 1. The minimum atomic E-state index is -0.534. The van der Waals surface area contributed by atoms with Gasteiger partial charge in [0.2, 0.25) is 5.91 Å². The van der Waals surface area contributed by atoms with E-state index in [-0.39, 0.29) is 5.91 Å². The molecule has 0 saturated carbocycles. The van der Waals surface area contributed by atoms with Gasteiger partial charge in [0.15, 0.2) is 5.13 Å². The van der Waals surface area contributed by atoms with Crippen molar-refractivity contribution in [2.75, 3.05) is 5.32 Å². The summed E-state index contributed by atoms with van der Waals surface area (Å²) in [5.74, 6) is -0.221. The number of nitrogens with one attached hydrogen (secondary N) is 1. The topological polar surface area (TPSA) is 68.0 Å². The van der Waals surface area contributed by atoms with Gasteiger partial charge in [0.05, 0.1) is 11.7 Å². The lowest BCUT2D eigenvalue weighted by molar-refractivity contribution is -0.117. The number of nitrogens with zero attached hydrogens (tertiary/aromatic N) is 1. The summed E-state index contributed by atoms with van der Waals surface area (Å²) in [5.41, 5.74) is 9.87. The molecule has 0 fully saturated rings. The number of aromatic nitrogens is 1. The minimum absolute atomic E-state index is 0.221. The third-order valence-electron chi connectivity index (χ3n) is 2.81. The Bertz CT molecular complexity index is 604. The van der Waals surface area contributed by atoms with E-state index in [2.05, 4.69) is 42.3 Å². The van der Waals surface area contributed by atoms with Gasteiger partial charge in [-0.05, 0) is 26.3 Å². The van der Waals surface area contributed by atoms with Crippen molar-refractivity contribution in [1.82, 2.24) is 4.98 Å². The molecule has 0 aliphatic rings. The molecule has 2 aromatic rings. The lowest BCUT2D eigenvalue weighted by Gasteiger charge is -2.05. The molecule has 1 amide bonds. The van der Waals surface area contributed by atoms with Gasteiger partial charge in [0, 0.05) is 10.9 Å². The quantitative estimate of drug-likeness (QED) is 0.905. The third kappa shape index (κ3) is 3.19. The molecule has 3 N–H and O–H groups in total. The van der Waals surface area contributed by atoms with Crippen LogP contribution in [0.2, 0.25) is 0 Å². The smallest absolute Gasteiger partial charge is 0.242 e. The van der Waals surface area contributed by atoms with Crippen LogP contribution < -0.4 is 11.1 Å². The summed E-state index contributed by atoms with van der Waals surface area (Å²) in [4.78, 5) is 15.9. The molecule has 100 valence electrons. The predicted molar refractivity (Wildman–Crippen MR) is 79.3 cm³/mol. The number of amides is 1. The van der Waals surface area contributed by atoms with Gasteiger partial charge >= 0.3 is 0 Å². The van der Waals surface area contributed by atoms with Gasteiger partial charge in [-0.15, -0.1) is 11.3 Å². The van der Waals surface area contributed by atoms with E-state index in [1.54, 1.807) is 6.92 Å². The normalized spacial score (nSPS) is 12.2. The van der Waals surface area contributed by atoms with Crippen molar-refractivity contribution in [2.45, 2.75) is 26.8 Å². The maximum atomic E-state index is 11.5. The summed E-state index contributed by atoms with van der Waals surface area (Å²) in [6.07, 6.45) is 0. The molecule has 4 nitrogen and oxygen atoms in total. The van der Waals surface area contributed by atoms with Gasteiger partial charge in [0.25, 0.3) is 0 Å². The number of aryl methyl sites for hydroxylation is 2. The molecule has 19 heavy (non-hydrogen) atoms. The first-order valence-corrected chi connectivity index (χ1v) is 6.95. The summed E-state index contributed by atoms with van der Waals surface area (Å²) in [6.45, 7) is 5.77. The zero-order valence-corrected chi connectivity index (χ0v) is 12.0. The van der Waals surface area contributed by atoms with E-state index in [0.717, 1.165) is 11.3 Å². The summed E-state index contributed by atoms with van der Waals surface area (Å²) >= 11 is 1.40. The van der Waals surface area contributed by atoms with Crippen molar-refractivity contribution in [3.8, 4) is 11.3 Å². The van der Waals surface area contributed by atoms with E-state index in [0.29, 0.717) is 5.13 Å². The van der Waals surface area contributed by atoms with Crippen LogP contribution in [-0.2, 0) is 4.79 Å². The Morgan fingerprint density at radius 1 is 1.42 bits per heavy atom. The first-order chi connectivity index (χ1) is 8.97. The Morgan fingerprint density at radius 2 is 2.16 bits per heavy atom. The fraction of sp³-hybridized carbons (Fsp3) is 0.286. The highest BCUT2D eigenvalue weighted by Gasteiger charge is 2.11. The average molecular weight is 275 g/mol. The predicted octanol–water partition coefficient (Wildman–Crippen LogP) is 2.71. The number of carbonyl (C=O) groups excluding carboxylic acids is 1. The number of rotatable bonds is 3. The van der Waals surface area contributed by atoms with Crippen LogP contribution in [0.4, 0.5) is 5.13 Å². The van der Waals surface area contributed by atoms with Crippen LogP contribution >= 0.6 is 11.3 Å². The molecule has 0 aliphatic carbocycles. The largest absolute Gasteiger partial charge is 0.320 e. The molecular weight excluding hydrogens is 258 g/mol. The van der Waals surface area contributed by atoms with Crippen molar-refractivity contribution in [3.63, 3.8) is 0 Å². The zero-order chi connectivity index (χ0) is 14.0. The standard InChI is InChI=1S/C14H17N3OS/c1-8-4-5-11(9(2)6-8)12-7-19-14(16-12)17-13(18)10(3)15/h4-7,10H,15H2,1-3H3,(H,16,17,18). The highest BCUT2D eigenvalue weighted by atomic mass is 32.1. The molecule has 5 heteroatoms. The Kier molecular flexibility index (Phi) is 3.97. The summed E-state index contributed by atoms with van der Waals surface area (Å²) in [5, 5.41) is 5.23. The maximum Gasteiger partial charge on any atom is 0.242 e. The van der Waals surface area contributed by atoms with Gasteiger partial charge < -0.3 is 11.1 Å². The Balaban J connectivity index is 2.23. The molecular formula is C14H17N3OS. The minimum Gasteiger partial charge on any atom is -0.320 e. The summed E-state index contributed by atoms with van der Waals surface area (Å²) in [6, 6.07) is 5.70. The molecule has 0 aliphatic heterocycles. The number of anilines is 1. The Hall–Kier alpha value is -1.72. The molecule has 0 bridgehead atoms. The monoisotopic (exact) mass is 275 g/mol. The lowest BCUT2D eigenvalue weighted by Crippen LogP contribution is -2.32. The van der Waals surface area contributed by atoms with Crippen molar-refractivity contribution in [1.29, 1.82) is 0 Å². The SMILES string of the molecule is Cc1ccc(-c2csc(NC(=O)C(C)N)n2)c(C)c1. The second kappa shape index (κ2) is 5.50. The Morgan fingerprint density at radius 3 is 2.79 bits per heavy atom. The van der Waals surface area contributed by atoms with Gasteiger partial charge in [-0.1, -0.05) is 23.8 Å². The molecule has 0 radical (unpaired) electrons. The second-order valence-corrected chi connectivity index (χ2v) is 5.49. The Labute approximate surface area is 116 Å². The van der Waals surface area contributed by atoms with Crippen molar-refractivity contribution >= 4 is 22.4 Å². The second-order valence-electron chi connectivity index (χ2n) is 4.63. The van der Waals surface area contributed by atoms with Crippen LogP contribution in [-0.4, -0.2) is 16.9 Å². The van der Waals surface area contributed by atoms with Crippen molar-refractivity contribution < 1.29 is 4.79 Å². The van der Waals surface area contributed by atoms with Gasteiger partial charge in [0.1, 0.15) is 0 Å². The van der Waals surface area contributed by atoms with Crippen molar-refractivity contribution in [3.05, 3.63) is 34.7 Å². The fourth-order valence-electron chi connectivity index (χ4n) is 1.78. The number of hydrogen-bond acceptors (Lipinski definition) is 4. The molecule has 1 aromatic carbocycles. The third-order valence-corrected chi connectivity index (χ3v) is 3.56. The van der Waals surface area contributed by atoms with Crippen LogP contribution in [0.1, 0.15) is 18.1 Å². The van der Waals surface area contributed by atoms with Gasteiger partial charge in [-0.2, -0.15) is 0 Å². The molecule has 1 atom stereocenters. The zero-order valence-electron chi connectivity index (χ0n) is 11.2. The maximum absolute atomic E-state index is 11.5. The molecule has 0 saturated heterocycles. The summed E-state index contributed by atoms with van der Waals surface area (Å²) in [7, 11) is 0. The molecule has 0 spiro atoms. The highest BCUT2D eigenvalue weighted by Crippen LogP contribution is 2.27. The van der Waals surface area contributed by atoms with Gasteiger partial charge in [-0.25, -0.2) is 4.98 Å². The number of thiazole rings is 1. The highest BCUT2D eigenvalue weighted by molar-refractivity contribution is 7.14. The molecule has 1 unspecified atom stereocenters. The molecule has 1 aromatic heterocycles. The van der Waals surface area contributed by atoms with E-state index in [4.69, 9.17) is 5.73 Å². The fourth-order valence-corrected chi connectivity index (χ4v) is 2.49. The molecule has 1 heterocycles. The van der Waals surface area contributed by atoms with Crippen LogP contribution in [0.15, 0.2) is 23.6 Å². The van der Waals surface area contributed by atoms with Crippen molar-refractivity contribution in [2.24, 2.45) is 5.73 Å². The van der Waals surface area contributed by atoms with E-state index >= 15 is 0 Å². The average Bonchev–Trinajstić information content (AvgIpc) is 2.77. The van der Waals surface area contributed by atoms with Crippen LogP contribution in [0.5, 0.6) is 0 Å². The number of benzene rings is 1. The number of hydrogen-bond donors (Lipinski definition) is 2. The van der Waals surface area contributed by atoms with E-state index in [9.17, 15) is 4.79 Å². The first kappa shape index (κ1) is 13.7. The molecule has 2 rings (SSSR count). The van der Waals surface area contributed by atoms with Crippen LogP contribution in [0.3, 0.4) is 0 Å².